The van der Waals surface area contributed by atoms with E-state index in [1.54, 1.807) is 17.0 Å². The van der Waals surface area contributed by atoms with Crippen LogP contribution in [0.1, 0.15) is 30.7 Å². The van der Waals surface area contributed by atoms with E-state index < -0.39 is 16.3 Å². The predicted molar refractivity (Wildman–Crippen MR) is 150 cm³/mol. The third-order valence-electron chi connectivity index (χ3n) is 6.65. The summed E-state index contributed by atoms with van der Waals surface area (Å²) >= 11 is 2.25. The van der Waals surface area contributed by atoms with E-state index in [1.165, 1.54) is 23.5 Å². The average Bonchev–Trinajstić information content (AvgIpc) is 3.47. The molecule has 0 aliphatic carbocycles. The zero-order valence-corrected chi connectivity index (χ0v) is 24.3. The Kier molecular flexibility index (Phi) is 10.0. The van der Waals surface area contributed by atoms with Gasteiger partial charge in [-0.05, 0) is 83.5 Å². The van der Waals surface area contributed by atoms with Crippen molar-refractivity contribution in [3.63, 3.8) is 0 Å². The van der Waals surface area contributed by atoms with Crippen molar-refractivity contribution in [3.8, 4) is 5.75 Å². The second-order valence-electron chi connectivity index (χ2n) is 9.15. The van der Waals surface area contributed by atoms with Gasteiger partial charge in [-0.25, -0.2) is 8.42 Å². The van der Waals surface area contributed by atoms with E-state index in [9.17, 15) is 18.3 Å². The Hall–Kier alpha value is -2.19. The summed E-state index contributed by atoms with van der Waals surface area (Å²) in [4.78, 5) is 15.0. The lowest BCUT2D eigenvalue weighted by molar-refractivity contribution is -0.152. The molecule has 4 rings (SSSR count). The van der Waals surface area contributed by atoms with Gasteiger partial charge in [0.25, 0.3) is 5.91 Å². The maximum Gasteiger partial charge on any atom is 0.288 e. The number of aliphatic hydroxyl groups excluding tert-OH is 1. The molecule has 0 radical (unpaired) electrons. The molecule has 2 heterocycles. The number of allylic oxidation sites excluding steroid dienone is 1. The summed E-state index contributed by atoms with van der Waals surface area (Å²) in [6.45, 7) is 1.05. The van der Waals surface area contributed by atoms with Crippen molar-refractivity contribution < 1.29 is 32.5 Å². The van der Waals surface area contributed by atoms with Gasteiger partial charge in [0, 0.05) is 42.1 Å². The largest absolute Gasteiger partial charge is 0.497 e. The molecule has 0 aromatic heterocycles. The maximum atomic E-state index is 13.2. The zero-order chi connectivity index (χ0) is 27.1. The molecule has 206 valence electrons. The lowest BCUT2D eigenvalue weighted by atomic mass is 9.93. The first-order valence-corrected chi connectivity index (χ1v) is 15.1. The van der Waals surface area contributed by atoms with Crippen molar-refractivity contribution in [2.75, 3.05) is 46.5 Å². The second kappa shape index (κ2) is 13.2. The number of rotatable bonds is 11. The summed E-state index contributed by atoms with van der Waals surface area (Å²) < 4.78 is 45.8. The summed E-state index contributed by atoms with van der Waals surface area (Å²) in [6, 6.07) is 14.2. The average molecular weight is 657 g/mol. The van der Waals surface area contributed by atoms with Crippen LogP contribution in [-0.2, 0) is 24.3 Å². The number of carbonyl (C=O) groups is 1. The summed E-state index contributed by atoms with van der Waals surface area (Å²) in [6.07, 6.45) is 3.59. The molecule has 2 aliphatic rings. The number of benzene rings is 2. The van der Waals surface area contributed by atoms with Gasteiger partial charge in [-0.3, -0.25) is 4.79 Å². The third kappa shape index (κ3) is 7.06. The van der Waals surface area contributed by atoms with Crippen molar-refractivity contribution in [2.24, 2.45) is 0 Å². The first-order chi connectivity index (χ1) is 18.3. The van der Waals surface area contributed by atoms with Gasteiger partial charge >= 0.3 is 0 Å². The fourth-order valence-electron chi connectivity index (χ4n) is 4.58. The van der Waals surface area contributed by atoms with Crippen LogP contribution in [0.2, 0.25) is 0 Å². The topological polar surface area (TPSA) is 106 Å². The standard InChI is InChI=1S/C27H33IN2O7S/c1-35-23-8-10-24(11-9-23)38(33,34)30(14-16-31)15-17-36-26-19-21(20-4-6-22(28)7-5-20)18-25(37-26)27(32)29-12-2-3-13-29/h4-11,18,21,26,31H,2-3,12-17,19H2,1H3/t21-,26+/m0/s1. The number of sulfonamides is 1. The van der Waals surface area contributed by atoms with E-state index in [1.807, 2.05) is 30.3 Å². The van der Waals surface area contributed by atoms with Crippen LogP contribution >= 0.6 is 22.6 Å². The van der Waals surface area contributed by atoms with Crippen molar-refractivity contribution in [3.05, 3.63) is 69.5 Å². The molecule has 2 aromatic rings. The lowest BCUT2D eigenvalue weighted by Gasteiger charge is -2.31. The highest BCUT2D eigenvalue weighted by molar-refractivity contribution is 14.1. The van der Waals surface area contributed by atoms with Crippen molar-refractivity contribution in [1.29, 1.82) is 0 Å². The maximum absolute atomic E-state index is 13.2. The van der Waals surface area contributed by atoms with Crippen LogP contribution in [0, 0.1) is 3.57 Å². The molecule has 1 amide bonds. The molecule has 1 fully saturated rings. The SMILES string of the molecule is COc1ccc(S(=O)(=O)N(CCO)CCO[C@H]2C[C@@H](c3ccc(I)cc3)C=C(C(=O)N3CCCC3)O2)cc1. The molecule has 1 saturated heterocycles. The number of amides is 1. The van der Waals surface area contributed by atoms with Crippen LogP contribution in [0.25, 0.3) is 0 Å². The Bertz CT molecular complexity index is 1210. The fourth-order valence-corrected chi connectivity index (χ4v) is 6.35. The van der Waals surface area contributed by atoms with E-state index in [-0.39, 0.29) is 48.8 Å². The van der Waals surface area contributed by atoms with Crippen LogP contribution in [0.3, 0.4) is 0 Å². The third-order valence-corrected chi connectivity index (χ3v) is 9.28. The number of hydrogen-bond donors (Lipinski definition) is 1. The summed E-state index contributed by atoms with van der Waals surface area (Å²) in [5.41, 5.74) is 1.05. The highest BCUT2D eigenvalue weighted by atomic mass is 127. The Morgan fingerprint density at radius 3 is 2.42 bits per heavy atom. The molecule has 11 heteroatoms. The number of halogens is 1. The monoisotopic (exact) mass is 656 g/mol. The van der Waals surface area contributed by atoms with Gasteiger partial charge in [0.05, 0.1) is 25.2 Å². The first-order valence-electron chi connectivity index (χ1n) is 12.6. The highest BCUT2D eigenvalue weighted by Crippen LogP contribution is 2.33. The van der Waals surface area contributed by atoms with Gasteiger partial charge in [0.1, 0.15) is 5.75 Å². The molecule has 38 heavy (non-hydrogen) atoms. The fraction of sp³-hybridized carbons (Fsp3) is 0.444. The van der Waals surface area contributed by atoms with E-state index in [2.05, 4.69) is 22.6 Å². The van der Waals surface area contributed by atoms with Gasteiger partial charge in [-0.2, -0.15) is 4.31 Å². The van der Waals surface area contributed by atoms with Crippen molar-refractivity contribution >= 4 is 38.5 Å². The molecule has 9 nitrogen and oxygen atoms in total. The minimum atomic E-state index is -3.86. The van der Waals surface area contributed by atoms with Crippen LogP contribution in [0.15, 0.2) is 65.3 Å². The van der Waals surface area contributed by atoms with Gasteiger partial charge in [-0.15, -0.1) is 0 Å². The number of ether oxygens (including phenoxy) is 3. The van der Waals surface area contributed by atoms with Gasteiger partial charge in [0.2, 0.25) is 16.3 Å². The zero-order valence-electron chi connectivity index (χ0n) is 21.3. The minimum Gasteiger partial charge on any atom is -0.497 e. The van der Waals surface area contributed by atoms with E-state index in [0.29, 0.717) is 25.3 Å². The summed E-state index contributed by atoms with van der Waals surface area (Å²) in [5.74, 6) is 0.592. The Balaban J connectivity index is 1.45. The van der Waals surface area contributed by atoms with Crippen LogP contribution in [0.5, 0.6) is 5.75 Å². The Labute approximate surface area is 237 Å². The summed E-state index contributed by atoms with van der Waals surface area (Å²) in [7, 11) is -2.35. The van der Waals surface area contributed by atoms with Crippen molar-refractivity contribution in [1.82, 2.24) is 9.21 Å². The van der Waals surface area contributed by atoms with E-state index >= 15 is 0 Å². The number of carbonyl (C=O) groups excluding carboxylic acids is 1. The van der Waals surface area contributed by atoms with Crippen molar-refractivity contribution in [2.45, 2.75) is 36.4 Å². The molecule has 1 N–H and O–H groups in total. The second-order valence-corrected chi connectivity index (χ2v) is 12.3. The smallest absolute Gasteiger partial charge is 0.288 e. The number of nitrogens with zero attached hydrogens (tertiary/aromatic N) is 2. The van der Waals surface area contributed by atoms with E-state index in [4.69, 9.17) is 14.2 Å². The number of methoxy groups -OCH3 is 1. The number of likely N-dealkylation sites (tertiary alicyclic amines) is 1. The molecule has 0 saturated carbocycles. The Morgan fingerprint density at radius 2 is 1.79 bits per heavy atom. The van der Waals surface area contributed by atoms with Gasteiger partial charge < -0.3 is 24.2 Å². The van der Waals surface area contributed by atoms with Gasteiger partial charge in [0.15, 0.2) is 5.76 Å². The lowest BCUT2D eigenvalue weighted by Crippen LogP contribution is -2.38. The minimum absolute atomic E-state index is 0.0160. The predicted octanol–water partition coefficient (Wildman–Crippen LogP) is 3.34. The Morgan fingerprint density at radius 1 is 1.11 bits per heavy atom. The highest BCUT2D eigenvalue weighted by Gasteiger charge is 2.32. The molecule has 2 aliphatic heterocycles. The molecule has 2 aromatic carbocycles. The van der Waals surface area contributed by atoms with Crippen LogP contribution < -0.4 is 4.74 Å². The summed E-state index contributed by atoms with van der Waals surface area (Å²) in [5, 5.41) is 9.52. The number of hydrogen-bond acceptors (Lipinski definition) is 7. The molecule has 2 atom stereocenters. The normalized spacial score (nSPS) is 19.8. The quantitative estimate of drug-likeness (QED) is 0.370. The van der Waals surface area contributed by atoms with Crippen LogP contribution in [-0.4, -0.2) is 81.4 Å². The molecule has 0 bridgehead atoms. The molecule has 0 unspecified atom stereocenters. The van der Waals surface area contributed by atoms with Gasteiger partial charge in [-0.1, -0.05) is 12.1 Å². The molecular formula is C27H33IN2O7S. The molecular weight excluding hydrogens is 623 g/mol. The first kappa shape index (κ1) is 28.8. The van der Waals surface area contributed by atoms with E-state index in [0.717, 1.165) is 22.0 Å². The van der Waals surface area contributed by atoms with Crippen LogP contribution in [0.4, 0.5) is 0 Å². The number of aliphatic hydroxyl groups is 1. The molecule has 0 spiro atoms.